The number of fused-ring (bicyclic) bond motifs is 1. The quantitative estimate of drug-likeness (QED) is 0.932. The highest BCUT2D eigenvalue weighted by Crippen LogP contribution is 2.34. The zero-order valence-electron chi connectivity index (χ0n) is 12.6. The molecular formula is C17H25ClN2O. The molecule has 0 aromatic heterocycles. The van der Waals surface area contributed by atoms with Crippen molar-refractivity contribution < 1.29 is 4.79 Å². The number of carbonyl (C=O) groups excluding carboxylic acids is 1. The van der Waals surface area contributed by atoms with Gasteiger partial charge in [-0.1, -0.05) is 30.7 Å². The molecule has 3 nitrogen and oxygen atoms in total. The summed E-state index contributed by atoms with van der Waals surface area (Å²) in [6.45, 7) is 0.648. The lowest BCUT2D eigenvalue weighted by Gasteiger charge is -2.29. The van der Waals surface area contributed by atoms with E-state index in [0.717, 1.165) is 32.1 Å². The molecule has 3 rings (SSSR count). The van der Waals surface area contributed by atoms with Crippen LogP contribution in [0.3, 0.4) is 0 Å². The maximum atomic E-state index is 12.7. The molecule has 0 heterocycles. The Morgan fingerprint density at radius 2 is 1.86 bits per heavy atom. The SMILES string of the molecule is CN(C(=O)[C@@H]1CCC[C@@H]1CN)C1Cc2ccccc2C1.Cl. The number of amides is 1. The number of halogens is 1. The molecule has 4 heteroatoms. The number of hydrogen-bond acceptors (Lipinski definition) is 2. The minimum absolute atomic E-state index is 0. The molecule has 0 saturated heterocycles. The van der Waals surface area contributed by atoms with E-state index in [-0.39, 0.29) is 18.3 Å². The summed E-state index contributed by atoms with van der Waals surface area (Å²) in [6, 6.07) is 8.88. The van der Waals surface area contributed by atoms with Gasteiger partial charge in [0.1, 0.15) is 0 Å². The smallest absolute Gasteiger partial charge is 0.226 e. The van der Waals surface area contributed by atoms with Crippen molar-refractivity contribution in [2.24, 2.45) is 17.6 Å². The van der Waals surface area contributed by atoms with Gasteiger partial charge in [0.2, 0.25) is 5.91 Å². The van der Waals surface area contributed by atoms with E-state index in [0.29, 0.717) is 24.4 Å². The third-order valence-corrected chi connectivity index (χ3v) is 5.20. The Kier molecular flexibility index (Phi) is 5.28. The summed E-state index contributed by atoms with van der Waals surface area (Å²) in [5.74, 6) is 0.873. The molecule has 0 spiro atoms. The van der Waals surface area contributed by atoms with E-state index in [1.807, 2.05) is 11.9 Å². The second-order valence-electron chi connectivity index (χ2n) is 6.31. The fourth-order valence-electron chi connectivity index (χ4n) is 3.90. The average molecular weight is 309 g/mol. The molecule has 0 aliphatic heterocycles. The third-order valence-electron chi connectivity index (χ3n) is 5.20. The molecule has 1 aromatic rings. The largest absolute Gasteiger partial charge is 0.342 e. The van der Waals surface area contributed by atoms with Crippen LogP contribution in [-0.2, 0) is 17.6 Å². The highest BCUT2D eigenvalue weighted by atomic mass is 35.5. The lowest BCUT2D eigenvalue weighted by atomic mass is 9.94. The molecule has 1 aromatic carbocycles. The number of likely N-dealkylation sites (N-methyl/N-ethyl adjacent to an activating group) is 1. The van der Waals surface area contributed by atoms with Crippen LogP contribution >= 0.6 is 12.4 Å². The Bertz CT molecular complexity index is 480. The molecular weight excluding hydrogens is 284 g/mol. The molecule has 0 radical (unpaired) electrons. The van der Waals surface area contributed by atoms with Crippen molar-refractivity contribution in [3.05, 3.63) is 35.4 Å². The molecule has 0 bridgehead atoms. The van der Waals surface area contributed by atoms with Crippen molar-refractivity contribution in [2.75, 3.05) is 13.6 Å². The number of rotatable bonds is 3. The fourth-order valence-corrected chi connectivity index (χ4v) is 3.90. The summed E-state index contributed by atoms with van der Waals surface area (Å²) < 4.78 is 0. The number of hydrogen-bond donors (Lipinski definition) is 1. The van der Waals surface area contributed by atoms with Gasteiger partial charge in [0, 0.05) is 19.0 Å². The Morgan fingerprint density at radius 3 is 2.43 bits per heavy atom. The van der Waals surface area contributed by atoms with Crippen LogP contribution in [-0.4, -0.2) is 30.4 Å². The number of nitrogens with two attached hydrogens (primary N) is 1. The first-order valence-electron chi connectivity index (χ1n) is 7.74. The number of carbonyl (C=O) groups is 1. The van der Waals surface area contributed by atoms with Crippen molar-refractivity contribution in [3.8, 4) is 0 Å². The maximum absolute atomic E-state index is 12.7. The molecule has 2 aliphatic rings. The van der Waals surface area contributed by atoms with Gasteiger partial charge >= 0.3 is 0 Å². The minimum atomic E-state index is 0. The van der Waals surface area contributed by atoms with Gasteiger partial charge in [0.25, 0.3) is 0 Å². The van der Waals surface area contributed by atoms with Crippen LogP contribution in [0.25, 0.3) is 0 Å². The lowest BCUT2D eigenvalue weighted by molar-refractivity contribution is -0.137. The summed E-state index contributed by atoms with van der Waals surface area (Å²) in [5.41, 5.74) is 8.62. The van der Waals surface area contributed by atoms with Gasteiger partial charge in [-0.25, -0.2) is 0 Å². The molecule has 1 amide bonds. The topological polar surface area (TPSA) is 46.3 Å². The Morgan fingerprint density at radius 1 is 1.24 bits per heavy atom. The van der Waals surface area contributed by atoms with Crippen LogP contribution in [0.1, 0.15) is 30.4 Å². The first kappa shape index (κ1) is 16.3. The standard InChI is InChI=1S/C17H24N2O.ClH/c1-19(17(20)16-8-4-7-14(16)11-18)15-9-12-5-2-3-6-13(12)10-15;/h2-3,5-6,14-16H,4,7-11,18H2,1H3;1H/t14-,16-;/m1./s1. The molecule has 2 N–H and O–H groups in total. The highest BCUT2D eigenvalue weighted by molar-refractivity contribution is 5.85. The predicted molar refractivity (Wildman–Crippen MR) is 87.5 cm³/mol. The highest BCUT2D eigenvalue weighted by Gasteiger charge is 2.36. The molecule has 2 atom stereocenters. The van der Waals surface area contributed by atoms with Gasteiger partial charge in [-0.05, 0) is 49.3 Å². The van der Waals surface area contributed by atoms with Crippen LogP contribution in [0.2, 0.25) is 0 Å². The lowest BCUT2D eigenvalue weighted by Crippen LogP contribution is -2.43. The fraction of sp³-hybridized carbons (Fsp3) is 0.588. The Hall–Kier alpha value is -1.06. The van der Waals surface area contributed by atoms with Gasteiger partial charge in [-0.15, -0.1) is 12.4 Å². The summed E-state index contributed by atoms with van der Waals surface area (Å²) in [6.07, 6.45) is 5.28. The van der Waals surface area contributed by atoms with E-state index >= 15 is 0 Å². The van der Waals surface area contributed by atoms with Crippen molar-refractivity contribution in [1.82, 2.24) is 4.90 Å². The normalized spacial score (nSPS) is 24.5. The van der Waals surface area contributed by atoms with E-state index < -0.39 is 0 Å². The zero-order chi connectivity index (χ0) is 14.1. The van der Waals surface area contributed by atoms with Crippen molar-refractivity contribution in [1.29, 1.82) is 0 Å². The van der Waals surface area contributed by atoms with Crippen LogP contribution in [0.5, 0.6) is 0 Å². The third kappa shape index (κ3) is 3.09. The van der Waals surface area contributed by atoms with Gasteiger partial charge in [0.15, 0.2) is 0 Å². The molecule has 116 valence electrons. The summed E-state index contributed by atoms with van der Waals surface area (Å²) in [5, 5.41) is 0. The molecule has 2 aliphatic carbocycles. The van der Waals surface area contributed by atoms with E-state index in [2.05, 4.69) is 24.3 Å². The minimum Gasteiger partial charge on any atom is -0.342 e. The first-order valence-corrected chi connectivity index (χ1v) is 7.74. The number of nitrogens with zero attached hydrogens (tertiary/aromatic N) is 1. The molecule has 21 heavy (non-hydrogen) atoms. The first-order chi connectivity index (χ1) is 9.70. The Balaban J connectivity index is 0.00000161. The predicted octanol–water partition coefficient (Wildman–Crippen LogP) is 2.41. The van der Waals surface area contributed by atoms with Gasteiger partial charge in [-0.2, -0.15) is 0 Å². The van der Waals surface area contributed by atoms with Gasteiger partial charge in [0.05, 0.1) is 0 Å². The van der Waals surface area contributed by atoms with Crippen molar-refractivity contribution in [3.63, 3.8) is 0 Å². The van der Waals surface area contributed by atoms with E-state index in [4.69, 9.17) is 5.73 Å². The van der Waals surface area contributed by atoms with Crippen LogP contribution in [0, 0.1) is 11.8 Å². The second-order valence-corrected chi connectivity index (χ2v) is 6.31. The van der Waals surface area contributed by atoms with E-state index in [1.165, 1.54) is 11.1 Å². The average Bonchev–Trinajstić information content (AvgIpc) is 3.11. The number of benzene rings is 1. The van der Waals surface area contributed by atoms with Crippen LogP contribution in [0.15, 0.2) is 24.3 Å². The second kappa shape index (κ2) is 6.80. The summed E-state index contributed by atoms with van der Waals surface area (Å²) in [4.78, 5) is 14.7. The van der Waals surface area contributed by atoms with Crippen molar-refractivity contribution in [2.45, 2.75) is 38.1 Å². The van der Waals surface area contributed by atoms with Gasteiger partial charge < -0.3 is 10.6 Å². The zero-order valence-corrected chi connectivity index (χ0v) is 13.4. The molecule has 1 fully saturated rings. The molecule has 0 unspecified atom stereocenters. The van der Waals surface area contributed by atoms with Gasteiger partial charge in [-0.3, -0.25) is 4.79 Å². The van der Waals surface area contributed by atoms with Crippen LogP contribution in [0.4, 0.5) is 0 Å². The van der Waals surface area contributed by atoms with Crippen molar-refractivity contribution >= 4 is 18.3 Å². The Labute approximate surface area is 133 Å². The van der Waals surface area contributed by atoms with Crippen LogP contribution < -0.4 is 5.73 Å². The molecule has 1 saturated carbocycles. The maximum Gasteiger partial charge on any atom is 0.226 e. The monoisotopic (exact) mass is 308 g/mol. The van der Waals surface area contributed by atoms with E-state index in [9.17, 15) is 4.79 Å². The summed E-state index contributed by atoms with van der Waals surface area (Å²) in [7, 11) is 1.98. The van der Waals surface area contributed by atoms with E-state index in [1.54, 1.807) is 0 Å². The summed E-state index contributed by atoms with van der Waals surface area (Å²) >= 11 is 0.